The predicted octanol–water partition coefficient (Wildman–Crippen LogP) is 3.71. The molecule has 10 heteroatoms. The summed E-state index contributed by atoms with van der Waals surface area (Å²) in [5, 5.41) is 16.5. The molecule has 1 N–H and O–H groups in total. The van der Waals surface area contributed by atoms with E-state index in [1.807, 2.05) is 24.3 Å². The van der Waals surface area contributed by atoms with Gasteiger partial charge in [-0.15, -0.1) is 0 Å². The Morgan fingerprint density at radius 1 is 1.03 bits per heavy atom. The van der Waals surface area contributed by atoms with E-state index in [1.54, 1.807) is 6.07 Å². The highest BCUT2D eigenvalue weighted by molar-refractivity contribution is 5.95. The second kappa shape index (κ2) is 7.02. The molecule has 0 amide bonds. The van der Waals surface area contributed by atoms with E-state index >= 15 is 0 Å². The molecule has 0 atom stereocenters. The van der Waals surface area contributed by atoms with Gasteiger partial charge in [-0.2, -0.15) is 4.98 Å². The lowest BCUT2D eigenvalue weighted by Gasteiger charge is -2.05. The number of fused-ring (bicyclic) bond motifs is 2. The van der Waals surface area contributed by atoms with Crippen LogP contribution in [0.1, 0.15) is 0 Å². The number of pyridine rings is 2. The number of ether oxygens (including phenoxy) is 1. The summed E-state index contributed by atoms with van der Waals surface area (Å²) in [5.74, 6) is 0.717. The molecule has 10 nitrogen and oxygen atoms in total. The minimum atomic E-state index is -0.511. The number of non-ortho nitro benzene ring substituents is 1. The van der Waals surface area contributed by atoms with Crippen molar-refractivity contribution in [1.29, 1.82) is 0 Å². The van der Waals surface area contributed by atoms with Gasteiger partial charge in [0.15, 0.2) is 0 Å². The summed E-state index contributed by atoms with van der Waals surface area (Å²) in [7, 11) is 1.51. The van der Waals surface area contributed by atoms with Gasteiger partial charge < -0.3 is 14.2 Å². The van der Waals surface area contributed by atoms with Crippen molar-refractivity contribution in [3.63, 3.8) is 0 Å². The van der Waals surface area contributed by atoms with Gasteiger partial charge in [0.05, 0.1) is 23.1 Å². The second-order valence-electron chi connectivity index (χ2n) is 6.69. The van der Waals surface area contributed by atoms with Crippen LogP contribution in [0.3, 0.4) is 0 Å². The highest BCUT2D eigenvalue weighted by atomic mass is 16.6. The zero-order valence-electron chi connectivity index (χ0n) is 16.0. The Morgan fingerprint density at radius 2 is 1.87 bits per heavy atom. The Morgan fingerprint density at radius 3 is 2.68 bits per heavy atom. The molecular weight excluding hydrogens is 402 g/mol. The highest BCUT2D eigenvalue weighted by Gasteiger charge is 2.19. The molecule has 2 aromatic carbocycles. The molecule has 0 aliphatic rings. The smallest absolute Gasteiger partial charge is 0.270 e. The number of para-hydroxylation sites is 1. The molecular formula is C21H13N5O5. The number of aromatic amines is 1. The van der Waals surface area contributed by atoms with Gasteiger partial charge >= 0.3 is 0 Å². The van der Waals surface area contributed by atoms with Gasteiger partial charge in [-0.25, -0.2) is 4.98 Å². The molecule has 0 radical (unpaired) electrons. The summed E-state index contributed by atoms with van der Waals surface area (Å²) in [6, 6.07) is 14.5. The number of benzene rings is 2. The standard InChI is InChI=1S/C21H13N5O5/c1-30-19-10-14(12-4-2-3-5-16(12)23-19)20-24-21(31-25-20)15-9-18(27)22-17-7-6-11(26(28)29)8-13(15)17/h2-10H,1H3,(H,22,27). The van der Waals surface area contributed by atoms with Gasteiger partial charge in [-0.1, -0.05) is 23.4 Å². The highest BCUT2D eigenvalue weighted by Crippen LogP contribution is 2.32. The molecule has 0 unspecified atom stereocenters. The van der Waals surface area contributed by atoms with Crippen molar-refractivity contribution in [2.75, 3.05) is 7.11 Å². The minimum absolute atomic E-state index is 0.0615. The minimum Gasteiger partial charge on any atom is -0.481 e. The molecule has 5 rings (SSSR count). The first-order valence-corrected chi connectivity index (χ1v) is 9.13. The zero-order valence-corrected chi connectivity index (χ0v) is 16.0. The molecule has 0 fully saturated rings. The maximum atomic E-state index is 12.1. The van der Waals surface area contributed by atoms with E-state index in [0.29, 0.717) is 33.4 Å². The van der Waals surface area contributed by atoms with E-state index in [0.717, 1.165) is 5.39 Å². The fraction of sp³-hybridized carbons (Fsp3) is 0.0476. The Balaban J connectivity index is 1.72. The van der Waals surface area contributed by atoms with Crippen LogP contribution in [-0.4, -0.2) is 32.1 Å². The third kappa shape index (κ3) is 3.15. The summed E-state index contributed by atoms with van der Waals surface area (Å²) in [6.45, 7) is 0. The van der Waals surface area contributed by atoms with Crippen LogP contribution < -0.4 is 10.3 Å². The third-order valence-corrected chi connectivity index (χ3v) is 4.84. The number of nitro benzene ring substituents is 1. The Labute approximate surface area is 173 Å². The van der Waals surface area contributed by atoms with Crippen molar-refractivity contribution in [3.05, 3.63) is 75.1 Å². The van der Waals surface area contributed by atoms with Crippen LogP contribution in [-0.2, 0) is 0 Å². The fourth-order valence-electron chi connectivity index (χ4n) is 3.42. The maximum absolute atomic E-state index is 12.1. The third-order valence-electron chi connectivity index (χ3n) is 4.84. The van der Waals surface area contributed by atoms with Crippen molar-refractivity contribution in [1.82, 2.24) is 20.1 Å². The lowest BCUT2D eigenvalue weighted by atomic mass is 10.1. The average Bonchev–Trinajstić information content (AvgIpc) is 3.27. The molecule has 0 aliphatic heterocycles. The lowest BCUT2D eigenvalue weighted by Crippen LogP contribution is -2.05. The SMILES string of the molecule is COc1cc(-c2noc(-c3cc(=O)[nH]c4ccc([N+](=O)[O-])cc34)n2)c2ccccc2n1. The van der Waals surface area contributed by atoms with Gasteiger partial charge in [-0.3, -0.25) is 14.9 Å². The van der Waals surface area contributed by atoms with Crippen molar-refractivity contribution < 1.29 is 14.2 Å². The number of rotatable bonds is 4. The van der Waals surface area contributed by atoms with Crippen LogP contribution >= 0.6 is 0 Å². The van der Waals surface area contributed by atoms with Crippen LogP contribution in [0.4, 0.5) is 5.69 Å². The quantitative estimate of drug-likeness (QED) is 0.346. The molecule has 0 bridgehead atoms. The summed E-state index contributed by atoms with van der Waals surface area (Å²) < 4.78 is 10.7. The van der Waals surface area contributed by atoms with Crippen LogP contribution in [0.15, 0.2) is 63.9 Å². The van der Waals surface area contributed by atoms with E-state index in [4.69, 9.17) is 9.26 Å². The Kier molecular flexibility index (Phi) is 4.18. The van der Waals surface area contributed by atoms with Crippen molar-refractivity contribution in [3.8, 4) is 28.7 Å². The van der Waals surface area contributed by atoms with Gasteiger partial charge in [0, 0.05) is 46.1 Å². The van der Waals surface area contributed by atoms with Crippen LogP contribution in [0, 0.1) is 10.1 Å². The van der Waals surface area contributed by atoms with E-state index in [2.05, 4.69) is 20.1 Å². The van der Waals surface area contributed by atoms with E-state index in [-0.39, 0.29) is 17.4 Å². The summed E-state index contributed by atoms with van der Waals surface area (Å²) in [5.41, 5.74) is 1.53. The number of hydrogen-bond acceptors (Lipinski definition) is 8. The first-order valence-electron chi connectivity index (χ1n) is 9.13. The normalized spacial score (nSPS) is 11.1. The summed E-state index contributed by atoms with van der Waals surface area (Å²) in [6.07, 6.45) is 0. The van der Waals surface area contributed by atoms with Crippen LogP contribution in [0.5, 0.6) is 5.88 Å². The summed E-state index contributed by atoms with van der Waals surface area (Å²) in [4.78, 5) is 34.3. The van der Waals surface area contributed by atoms with Crippen molar-refractivity contribution in [2.24, 2.45) is 0 Å². The van der Waals surface area contributed by atoms with E-state index < -0.39 is 10.5 Å². The molecule has 3 aromatic heterocycles. The van der Waals surface area contributed by atoms with Gasteiger partial charge in [-0.05, 0) is 12.1 Å². The monoisotopic (exact) mass is 415 g/mol. The lowest BCUT2D eigenvalue weighted by molar-refractivity contribution is -0.384. The summed E-state index contributed by atoms with van der Waals surface area (Å²) >= 11 is 0. The van der Waals surface area contributed by atoms with Gasteiger partial charge in [0.1, 0.15) is 0 Å². The fourth-order valence-corrected chi connectivity index (χ4v) is 3.42. The molecule has 0 saturated carbocycles. The van der Waals surface area contributed by atoms with Crippen molar-refractivity contribution in [2.45, 2.75) is 0 Å². The number of hydrogen-bond donors (Lipinski definition) is 1. The number of nitrogens with zero attached hydrogens (tertiary/aromatic N) is 4. The Bertz CT molecular complexity index is 1540. The van der Waals surface area contributed by atoms with E-state index in [9.17, 15) is 14.9 Å². The molecule has 0 aliphatic carbocycles. The molecule has 0 spiro atoms. The molecule has 31 heavy (non-hydrogen) atoms. The van der Waals surface area contributed by atoms with Gasteiger partial charge in [0.2, 0.25) is 17.3 Å². The number of aromatic nitrogens is 4. The molecule has 3 heterocycles. The maximum Gasteiger partial charge on any atom is 0.270 e. The number of nitrogens with one attached hydrogen (secondary N) is 1. The zero-order chi connectivity index (χ0) is 21.5. The van der Waals surface area contributed by atoms with Crippen LogP contribution in [0.25, 0.3) is 44.6 Å². The second-order valence-corrected chi connectivity index (χ2v) is 6.69. The molecule has 0 saturated heterocycles. The first kappa shape index (κ1) is 18.4. The Hall–Kier alpha value is -4.60. The predicted molar refractivity (Wildman–Crippen MR) is 112 cm³/mol. The largest absolute Gasteiger partial charge is 0.481 e. The molecule has 5 aromatic rings. The van der Waals surface area contributed by atoms with Gasteiger partial charge in [0.25, 0.3) is 11.6 Å². The van der Waals surface area contributed by atoms with Crippen molar-refractivity contribution >= 4 is 27.5 Å². The van der Waals surface area contributed by atoms with Crippen LogP contribution in [0.2, 0.25) is 0 Å². The number of methoxy groups -OCH3 is 1. The number of H-pyrrole nitrogens is 1. The molecule has 152 valence electrons. The number of nitro groups is 1. The topological polar surface area (TPSA) is 137 Å². The first-order chi connectivity index (χ1) is 15.0. The average molecular weight is 415 g/mol. The van der Waals surface area contributed by atoms with E-state index in [1.165, 1.54) is 31.4 Å².